The number of halogens is 1. The number of aromatic nitrogens is 3. The Hall–Kier alpha value is -3.39. The molecule has 0 amide bonds. The van der Waals surface area contributed by atoms with Gasteiger partial charge in [-0.1, -0.05) is 36.4 Å². The fourth-order valence-corrected chi connectivity index (χ4v) is 2.86. The number of nitrogens with zero attached hydrogens (tertiary/aromatic N) is 3. The van der Waals surface area contributed by atoms with Crippen molar-refractivity contribution in [2.24, 2.45) is 5.73 Å². The highest BCUT2D eigenvalue weighted by atomic mass is 35.5. The maximum atomic E-state index is 12.6. The first kappa shape index (κ1) is 21.9. The zero-order chi connectivity index (χ0) is 20.3. The standard InChI is InChI=1S/C20H21N5O3.ClH/c1-13-23-25(20(27)24(13)12-11-18(26)28-2)17-9-7-15(8-10-17)14-3-5-16(6-4-14)19(21)22;/h3-10H,11-12H2,1-2H3,(H3,21,22);1H. The molecule has 0 fully saturated rings. The van der Waals surface area contributed by atoms with Crippen LogP contribution in [0.4, 0.5) is 0 Å². The molecule has 0 radical (unpaired) electrons. The third kappa shape index (κ3) is 4.72. The van der Waals surface area contributed by atoms with E-state index in [-0.39, 0.29) is 42.9 Å². The fraction of sp³-hybridized carbons (Fsp3) is 0.200. The number of ether oxygens (including phenoxy) is 1. The van der Waals surface area contributed by atoms with Crippen molar-refractivity contribution >= 4 is 24.2 Å². The van der Waals surface area contributed by atoms with E-state index in [0.717, 1.165) is 11.1 Å². The number of carbonyl (C=O) groups excluding carboxylic acids is 1. The first-order chi connectivity index (χ1) is 13.4. The van der Waals surface area contributed by atoms with Crippen LogP contribution in [0.25, 0.3) is 16.8 Å². The smallest absolute Gasteiger partial charge is 0.350 e. The molecule has 0 unspecified atom stereocenters. The van der Waals surface area contributed by atoms with Crippen LogP contribution < -0.4 is 11.4 Å². The Kier molecular flexibility index (Phi) is 6.95. The molecule has 3 rings (SSSR count). The lowest BCUT2D eigenvalue weighted by Crippen LogP contribution is -2.25. The molecule has 0 aliphatic carbocycles. The number of hydrogen-bond acceptors (Lipinski definition) is 5. The SMILES string of the molecule is COC(=O)CCn1c(C)nn(-c2ccc(-c3ccc(C(=N)N)cc3)cc2)c1=O.Cl. The summed E-state index contributed by atoms with van der Waals surface area (Å²) in [6.45, 7) is 1.94. The second-order valence-corrected chi connectivity index (χ2v) is 6.26. The minimum Gasteiger partial charge on any atom is -0.469 e. The lowest BCUT2D eigenvalue weighted by Gasteiger charge is -2.05. The van der Waals surface area contributed by atoms with Crippen molar-refractivity contribution in [3.8, 4) is 16.8 Å². The number of nitrogens with one attached hydrogen (secondary N) is 1. The molecule has 9 heteroatoms. The van der Waals surface area contributed by atoms with Crippen molar-refractivity contribution in [3.05, 3.63) is 70.4 Å². The molecular formula is C20H22ClN5O3. The van der Waals surface area contributed by atoms with Gasteiger partial charge in [0.25, 0.3) is 0 Å². The summed E-state index contributed by atoms with van der Waals surface area (Å²) < 4.78 is 7.38. The van der Waals surface area contributed by atoms with Gasteiger partial charge in [0.05, 0.1) is 19.2 Å². The lowest BCUT2D eigenvalue weighted by molar-refractivity contribution is -0.140. The summed E-state index contributed by atoms with van der Waals surface area (Å²) in [7, 11) is 1.32. The normalized spacial score (nSPS) is 10.3. The molecule has 29 heavy (non-hydrogen) atoms. The molecular weight excluding hydrogens is 394 g/mol. The molecule has 0 spiro atoms. The summed E-state index contributed by atoms with van der Waals surface area (Å²) >= 11 is 0. The van der Waals surface area contributed by atoms with Gasteiger partial charge < -0.3 is 10.5 Å². The van der Waals surface area contributed by atoms with E-state index < -0.39 is 0 Å². The predicted octanol–water partition coefficient (Wildman–Crippen LogP) is 2.28. The molecule has 0 aliphatic heterocycles. The largest absolute Gasteiger partial charge is 0.469 e. The van der Waals surface area contributed by atoms with Gasteiger partial charge in [-0.05, 0) is 30.2 Å². The molecule has 0 saturated heterocycles. The van der Waals surface area contributed by atoms with Gasteiger partial charge in [0, 0.05) is 12.1 Å². The highest BCUT2D eigenvalue weighted by molar-refractivity contribution is 5.95. The molecule has 0 bridgehead atoms. The molecule has 152 valence electrons. The number of amidine groups is 1. The van der Waals surface area contributed by atoms with Crippen LogP contribution in [0, 0.1) is 12.3 Å². The summed E-state index contributed by atoms with van der Waals surface area (Å²) in [6, 6.07) is 14.8. The van der Waals surface area contributed by atoms with Crippen LogP contribution in [0.3, 0.4) is 0 Å². The number of nitrogens with two attached hydrogens (primary N) is 1. The van der Waals surface area contributed by atoms with E-state index in [9.17, 15) is 9.59 Å². The van der Waals surface area contributed by atoms with Crippen molar-refractivity contribution in [1.29, 1.82) is 5.41 Å². The number of hydrogen-bond donors (Lipinski definition) is 2. The summed E-state index contributed by atoms with van der Waals surface area (Å²) in [5, 5.41) is 11.7. The maximum Gasteiger partial charge on any atom is 0.350 e. The van der Waals surface area contributed by atoms with Gasteiger partial charge in [-0.15, -0.1) is 12.4 Å². The van der Waals surface area contributed by atoms with Gasteiger partial charge in [-0.3, -0.25) is 14.8 Å². The van der Waals surface area contributed by atoms with Gasteiger partial charge >= 0.3 is 11.7 Å². The molecule has 0 atom stereocenters. The van der Waals surface area contributed by atoms with Crippen molar-refractivity contribution in [3.63, 3.8) is 0 Å². The van der Waals surface area contributed by atoms with Crippen LogP contribution in [0.15, 0.2) is 53.3 Å². The van der Waals surface area contributed by atoms with Crippen LogP contribution in [-0.2, 0) is 16.1 Å². The first-order valence-electron chi connectivity index (χ1n) is 8.69. The van der Waals surface area contributed by atoms with Gasteiger partial charge in [-0.2, -0.15) is 9.78 Å². The zero-order valence-corrected chi connectivity index (χ0v) is 16.9. The Labute approximate surface area is 173 Å². The summed E-state index contributed by atoms with van der Waals surface area (Å²) in [4.78, 5) is 24.0. The molecule has 0 saturated carbocycles. The number of carbonyl (C=O) groups is 1. The number of esters is 1. The van der Waals surface area contributed by atoms with E-state index in [1.54, 1.807) is 19.1 Å². The third-order valence-corrected chi connectivity index (χ3v) is 4.46. The average molecular weight is 416 g/mol. The Bertz CT molecular complexity index is 1070. The first-order valence-corrected chi connectivity index (χ1v) is 8.69. The van der Waals surface area contributed by atoms with E-state index in [1.165, 1.54) is 16.4 Å². The van der Waals surface area contributed by atoms with Crippen molar-refractivity contribution < 1.29 is 9.53 Å². The second kappa shape index (κ2) is 9.20. The van der Waals surface area contributed by atoms with Gasteiger partial charge in [0.15, 0.2) is 0 Å². The van der Waals surface area contributed by atoms with E-state index in [2.05, 4.69) is 9.84 Å². The molecule has 2 aromatic carbocycles. The minimum absolute atomic E-state index is 0. The van der Waals surface area contributed by atoms with Crippen molar-refractivity contribution in [1.82, 2.24) is 14.3 Å². The Morgan fingerprint density at radius 1 is 1.10 bits per heavy atom. The zero-order valence-electron chi connectivity index (χ0n) is 16.1. The number of nitrogen functional groups attached to an aromatic ring is 1. The van der Waals surface area contributed by atoms with E-state index >= 15 is 0 Å². The minimum atomic E-state index is -0.376. The number of rotatable bonds is 6. The Morgan fingerprint density at radius 3 is 2.17 bits per heavy atom. The van der Waals surface area contributed by atoms with Gasteiger partial charge in [-0.25, -0.2) is 4.79 Å². The second-order valence-electron chi connectivity index (χ2n) is 6.26. The molecule has 8 nitrogen and oxygen atoms in total. The highest BCUT2D eigenvalue weighted by Gasteiger charge is 2.13. The Balaban J connectivity index is 0.00000300. The van der Waals surface area contributed by atoms with Gasteiger partial charge in [0.1, 0.15) is 11.7 Å². The van der Waals surface area contributed by atoms with Gasteiger partial charge in [0.2, 0.25) is 0 Å². The lowest BCUT2D eigenvalue weighted by atomic mass is 10.0. The highest BCUT2D eigenvalue weighted by Crippen LogP contribution is 2.21. The maximum absolute atomic E-state index is 12.6. The number of methoxy groups -OCH3 is 1. The molecule has 3 N–H and O–H groups in total. The summed E-state index contributed by atoms with van der Waals surface area (Å²) in [5.41, 5.74) is 8.41. The molecule has 1 heterocycles. The average Bonchev–Trinajstić information content (AvgIpc) is 3.00. The van der Waals surface area contributed by atoms with E-state index in [1.807, 2.05) is 36.4 Å². The number of aryl methyl sites for hydroxylation is 1. The fourth-order valence-electron chi connectivity index (χ4n) is 2.86. The summed E-state index contributed by atoms with van der Waals surface area (Å²) in [6.07, 6.45) is 0.109. The van der Waals surface area contributed by atoms with E-state index in [0.29, 0.717) is 17.1 Å². The Morgan fingerprint density at radius 2 is 1.66 bits per heavy atom. The van der Waals surface area contributed by atoms with E-state index in [4.69, 9.17) is 11.1 Å². The predicted molar refractivity (Wildman–Crippen MR) is 113 cm³/mol. The van der Waals surface area contributed by atoms with Crippen LogP contribution in [0.1, 0.15) is 17.8 Å². The van der Waals surface area contributed by atoms with Crippen molar-refractivity contribution in [2.45, 2.75) is 19.9 Å². The molecule has 1 aromatic heterocycles. The summed E-state index contributed by atoms with van der Waals surface area (Å²) in [5.74, 6) is 0.177. The molecule has 0 aliphatic rings. The van der Waals surface area contributed by atoms with Crippen LogP contribution >= 0.6 is 12.4 Å². The molecule has 3 aromatic rings. The number of benzene rings is 2. The van der Waals surface area contributed by atoms with Crippen LogP contribution in [0.5, 0.6) is 0 Å². The topological polar surface area (TPSA) is 116 Å². The van der Waals surface area contributed by atoms with Crippen molar-refractivity contribution in [2.75, 3.05) is 7.11 Å². The van der Waals surface area contributed by atoms with Crippen LogP contribution in [-0.4, -0.2) is 33.3 Å². The third-order valence-electron chi connectivity index (χ3n) is 4.46. The van der Waals surface area contributed by atoms with Crippen LogP contribution in [0.2, 0.25) is 0 Å². The monoisotopic (exact) mass is 415 g/mol. The quantitative estimate of drug-likeness (QED) is 0.364.